The van der Waals surface area contributed by atoms with Crippen molar-refractivity contribution in [1.29, 1.82) is 0 Å². The molecule has 0 radical (unpaired) electrons. The highest BCUT2D eigenvalue weighted by Crippen LogP contribution is 2.26. The van der Waals surface area contributed by atoms with E-state index in [1.807, 2.05) is 13.8 Å². The Bertz CT molecular complexity index is 604. The number of hydrogen-bond donors (Lipinski definition) is 1. The van der Waals surface area contributed by atoms with Gasteiger partial charge in [0.1, 0.15) is 5.82 Å². The summed E-state index contributed by atoms with van der Waals surface area (Å²) in [7, 11) is -3.72. The first kappa shape index (κ1) is 15.9. The third kappa shape index (κ3) is 3.78. The van der Waals surface area contributed by atoms with Gasteiger partial charge in [0.05, 0.1) is 15.0 Å². The van der Waals surface area contributed by atoms with Crippen LogP contribution in [0.2, 0.25) is 0 Å². The summed E-state index contributed by atoms with van der Waals surface area (Å²) < 4.78 is 46.3. The number of rotatable bonds is 3. The quantitative estimate of drug-likeness (QED) is 0.895. The molecule has 0 amide bonds. The van der Waals surface area contributed by atoms with Crippen LogP contribution >= 0.6 is 15.9 Å². The van der Waals surface area contributed by atoms with E-state index in [4.69, 9.17) is 4.74 Å². The summed E-state index contributed by atoms with van der Waals surface area (Å²) in [5.74, 6) is -0.597. The summed E-state index contributed by atoms with van der Waals surface area (Å²) in [4.78, 5) is -0.0671. The van der Waals surface area contributed by atoms with Crippen LogP contribution in [0.4, 0.5) is 4.39 Å². The molecule has 2 rings (SSSR count). The highest BCUT2D eigenvalue weighted by molar-refractivity contribution is 9.10. The predicted octanol–water partition coefficient (Wildman–Crippen LogP) is 2.82. The van der Waals surface area contributed by atoms with E-state index in [-0.39, 0.29) is 21.0 Å². The molecule has 1 aromatic rings. The van der Waals surface area contributed by atoms with Crippen molar-refractivity contribution < 1.29 is 17.5 Å². The summed E-state index contributed by atoms with van der Waals surface area (Å²) in [6.45, 7) is 4.36. The van der Waals surface area contributed by atoms with Crippen molar-refractivity contribution in [1.82, 2.24) is 4.72 Å². The van der Waals surface area contributed by atoms with E-state index in [1.54, 1.807) is 0 Å². The molecule has 1 saturated heterocycles. The lowest BCUT2D eigenvalue weighted by Gasteiger charge is -2.35. The fourth-order valence-corrected chi connectivity index (χ4v) is 3.79. The Kier molecular flexibility index (Phi) is 4.53. The van der Waals surface area contributed by atoms with Crippen molar-refractivity contribution in [2.75, 3.05) is 6.61 Å². The number of sulfonamides is 1. The number of halogens is 2. The van der Waals surface area contributed by atoms with Gasteiger partial charge in [-0.3, -0.25) is 0 Å². The van der Waals surface area contributed by atoms with E-state index in [2.05, 4.69) is 20.7 Å². The topological polar surface area (TPSA) is 55.4 Å². The molecular weight excluding hydrogens is 349 g/mol. The molecule has 0 aliphatic carbocycles. The van der Waals surface area contributed by atoms with Crippen molar-refractivity contribution in [3.8, 4) is 0 Å². The number of hydrogen-bond acceptors (Lipinski definition) is 3. The van der Waals surface area contributed by atoms with Gasteiger partial charge in [0, 0.05) is 12.6 Å². The maximum atomic E-state index is 13.5. The number of ether oxygens (including phenoxy) is 1. The normalized spacial score (nSPS) is 22.7. The van der Waals surface area contributed by atoms with Gasteiger partial charge in [-0.1, -0.05) is 0 Å². The average molecular weight is 366 g/mol. The fourth-order valence-electron chi connectivity index (χ4n) is 2.26. The third-order valence-electron chi connectivity index (χ3n) is 3.22. The first-order valence-corrected chi connectivity index (χ1v) is 8.59. The fraction of sp³-hybridized carbons (Fsp3) is 0.538. The van der Waals surface area contributed by atoms with Crippen LogP contribution in [0.15, 0.2) is 27.6 Å². The standard InChI is InChI=1S/C13H17BrFNO3S/c1-13(2)8-9(5-6-19-13)16-20(17,18)10-3-4-11(14)12(15)7-10/h3-4,7,9,16H,5-6,8H2,1-2H3. The highest BCUT2D eigenvalue weighted by atomic mass is 79.9. The highest BCUT2D eigenvalue weighted by Gasteiger charge is 2.31. The Hall–Kier alpha value is -0.500. The van der Waals surface area contributed by atoms with Gasteiger partial charge in [-0.25, -0.2) is 17.5 Å². The Morgan fingerprint density at radius 1 is 1.45 bits per heavy atom. The molecule has 1 fully saturated rings. The molecule has 4 nitrogen and oxygen atoms in total. The molecule has 20 heavy (non-hydrogen) atoms. The number of nitrogens with one attached hydrogen (secondary N) is 1. The molecule has 1 aromatic carbocycles. The summed E-state index contributed by atoms with van der Waals surface area (Å²) in [5.41, 5.74) is -0.351. The van der Waals surface area contributed by atoms with Gasteiger partial charge >= 0.3 is 0 Å². The molecule has 1 unspecified atom stereocenters. The molecule has 1 N–H and O–H groups in total. The van der Waals surface area contributed by atoms with Gasteiger partial charge in [0.2, 0.25) is 10.0 Å². The summed E-state index contributed by atoms with van der Waals surface area (Å²) in [6, 6.07) is 3.57. The maximum Gasteiger partial charge on any atom is 0.240 e. The van der Waals surface area contributed by atoms with Crippen LogP contribution in [0.25, 0.3) is 0 Å². The SMILES string of the molecule is CC1(C)CC(NS(=O)(=O)c2ccc(Br)c(F)c2)CCO1. The van der Waals surface area contributed by atoms with Gasteiger partial charge in [-0.2, -0.15) is 0 Å². The molecule has 1 aliphatic heterocycles. The van der Waals surface area contributed by atoms with Gasteiger partial charge in [-0.15, -0.1) is 0 Å². The third-order valence-corrected chi connectivity index (χ3v) is 5.38. The van der Waals surface area contributed by atoms with Gasteiger partial charge < -0.3 is 4.74 Å². The molecule has 1 aliphatic rings. The zero-order chi connectivity index (χ0) is 15.0. The molecule has 112 valence electrons. The van der Waals surface area contributed by atoms with Crippen LogP contribution in [0, 0.1) is 5.82 Å². The predicted molar refractivity (Wildman–Crippen MR) is 77.5 cm³/mol. The van der Waals surface area contributed by atoms with Crippen molar-refractivity contribution >= 4 is 26.0 Å². The minimum Gasteiger partial charge on any atom is -0.375 e. The van der Waals surface area contributed by atoms with Crippen LogP contribution in [0.3, 0.4) is 0 Å². The number of benzene rings is 1. The summed E-state index contributed by atoms with van der Waals surface area (Å²) >= 11 is 3.00. The van der Waals surface area contributed by atoms with Gasteiger partial charge in [-0.05, 0) is 60.8 Å². The monoisotopic (exact) mass is 365 g/mol. The maximum absolute atomic E-state index is 13.5. The molecule has 0 spiro atoms. The lowest BCUT2D eigenvalue weighted by molar-refractivity contribution is -0.0599. The van der Waals surface area contributed by atoms with Crippen LogP contribution in [-0.4, -0.2) is 26.7 Å². The zero-order valence-corrected chi connectivity index (χ0v) is 13.7. The van der Waals surface area contributed by atoms with Crippen molar-refractivity contribution in [2.45, 2.75) is 43.2 Å². The Morgan fingerprint density at radius 2 is 2.15 bits per heavy atom. The van der Waals surface area contributed by atoms with Gasteiger partial charge in [0.25, 0.3) is 0 Å². The van der Waals surface area contributed by atoms with E-state index < -0.39 is 15.8 Å². The largest absolute Gasteiger partial charge is 0.375 e. The van der Waals surface area contributed by atoms with Crippen LogP contribution in [0.1, 0.15) is 26.7 Å². The smallest absolute Gasteiger partial charge is 0.240 e. The average Bonchev–Trinajstić information content (AvgIpc) is 2.30. The van der Waals surface area contributed by atoms with Crippen LogP contribution in [-0.2, 0) is 14.8 Å². The van der Waals surface area contributed by atoms with Gasteiger partial charge in [0.15, 0.2) is 0 Å². The van der Waals surface area contributed by atoms with Crippen LogP contribution in [0.5, 0.6) is 0 Å². The van der Waals surface area contributed by atoms with Crippen LogP contribution < -0.4 is 4.72 Å². The lowest BCUT2D eigenvalue weighted by atomic mass is 9.95. The van der Waals surface area contributed by atoms with E-state index in [0.29, 0.717) is 19.4 Å². The first-order valence-electron chi connectivity index (χ1n) is 6.31. The van der Waals surface area contributed by atoms with Crippen molar-refractivity contribution in [3.63, 3.8) is 0 Å². The zero-order valence-electron chi connectivity index (χ0n) is 11.3. The Morgan fingerprint density at radius 3 is 2.75 bits per heavy atom. The van der Waals surface area contributed by atoms with E-state index >= 15 is 0 Å². The van der Waals surface area contributed by atoms with E-state index in [1.165, 1.54) is 12.1 Å². The summed E-state index contributed by atoms with van der Waals surface area (Å²) in [6.07, 6.45) is 1.20. The molecule has 7 heteroatoms. The van der Waals surface area contributed by atoms with E-state index in [9.17, 15) is 12.8 Å². The lowest BCUT2D eigenvalue weighted by Crippen LogP contribution is -2.45. The van der Waals surface area contributed by atoms with E-state index in [0.717, 1.165) is 6.07 Å². The molecule has 1 atom stereocenters. The first-order chi connectivity index (χ1) is 9.20. The molecule has 0 aromatic heterocycles. The minimum atomic E-state index is -3.72. The molecule has 1 heterocycles. The van der Waals surface area contributed by atoms with Crippen molar-refractivity contribution in [2.24, 2.45) is 0 Å². The van der Waals surface area contributed by atoms with Crippen molar-refractivity contribution in [3.05, 3.63) is 28.5 Å². The summed E-state index contributed by atoms with van der Waals surface area (Å²) in [5, 5.41) is 0. The second kappa shape index (κ2) is 5.71. The molecular formula is C13H17BrFNO3S. The Labute approximate surface area is 126 Å². The second-order valence-electron chi connectivity index (χ2n) is 5.50. The molecule has 0 saturated carbocycles. The molecule has 0 bridgehead atoms. The Balaban J connectivity index is 2.16. The minimum absolute atomic E-state index is 0.0671. The second-order valence-corrected chi connectivity index (χ2v) is 8.06.